The Labute approximate surface area is 120 Å². The van der Waals surface area contributed by atoms with Gasteiger partial charge in [0.2, 0.25) is 0 Å². The summed E-state index contributed by atoms with van der Waals surface area (Å²) in [6.07, 6.45) is 0.750. The Morgan fingerprint density at radius 2 is 1.85 bits per heavy atom. The second-order valence-electron chi connectivity index (χ2n) is 4.56. The maximum Gasteiger partial charge on any atom is 0.180 e. The van der Waals surface area contributed by atoms with Gasteiger partial charge in [0.1, 0.15) is 22.6 Å². The first-order valence-electron chi connectivity index (χ1n) is 6.26. The lowest BCUT2D eigenvalue weighted by Crippen LogP contribution is -2.15. The number of fused-ring (bicyclic) bond motifs is 1. The van der Waals surface area contributed by atoms with E-state index in [-0.39, 0.29) is 0 Å². The van der Waals surface area contributed by atoms with Gasteiger partial charge in [-0.15, -0.1) is 0 Å². The highest BCUT2D eigenvalue weighted by molar-refractivity contribution is 7.90. The Balaban J connectivity index is 2.27. The van der Waals surface area contributed by atoms with Crippen molar-refractivity contribution >= 4 is 28.6 Å². The zero-order valence-electron chi connectivity index (χ0n) is 10.9. The van der Waals surface area contributed by atoms with E-state index in [4.69, 9.17) is 0 Å². The van der Waals surface area contributed by atoms with Crippen molar-refractivity contribution in [2.45, 2.75) is 11.8 Å². The third-order valence-electron chi connectivity index (χ3n) is 3.24. The second-order valence-corrected chi connectivity index (χ2v) is 5.89. The summed E-state index contributed by atoms with van der Waals surface area (Å²) in [7, 11) is 0. The maximum atomic E-state index is 12.8. The molecule has 0 radical (unpaired) electrons. The molecule has 0 saturated heterocycles. The van der Waals surface area contributed by atoms with Crippen molar-refractivity contribution in [2.75, 3.05) is 0 Å². The second kappa shape index (κ2) is 5.15. The zero-order valence-corrected chi connectivity index (χ0v) is 11.8. The van der Waals surface area contributed by atoms with E-state index < -0.39 is 11.4 Å². The number of nitrogens with zero attached hydrogens (tertiary/aromatic N) is 1. The van der Waals surface area contributed by atoms with Crippen molar-refractivity contribution in [1.29, 1.82) is 0 Å². The number of carbonyl (C=O) groups excluding carboxylic acids is 1. The number of benzene rings is 2. The molecule has 0 bridgehead atoms. The predicted octanol–water partition coefficient (Wildman–Crippen LogP) is 3.33. The molecule has 0 aliphatic heterocycles. The SMILES string of the molecule is Cc1cccc2cc(C=O)n([S+]([O-])c3ccccc3)c12. The van der Waals surface area contributed by atoms with Crippen LogP contribution in [0.3, 0.4) is 0 Å². The molecule has 2 aromatic carbocycles. The molecule has 3 rings (SSSR count). The summed E-state index contributed by atoms with van der Waals surface area (Å²) < 4.78 is 14.4. The van der Waals surface area contributed by atoms with Gasteiger partial charge in [-0.1, -0.05) is 36.4 Å². The van der Waals surface area contributed by atoms with Crippen LogP contribution >= 0.6 is 0 Å². The van der Waals surface area contributed by atoms with Crippen LogP contribution in [-0.4, -0.2) is 14.8 Å². The summed E-state index contributed by atoms with van der Waals surface area (Å²) in [6.45, 7) is 1.95. The van der Waals surface area contributed by atoms with E-state index in [0.29, 0.717) is 10.6 Å². The largest absolute Gasteiger partial charge is 0.587 e. The number of hydrogen-bond donors (Lipinski definition) is 0. The lowest BCUT2D eigenvalue weighted by atomic mass is 10.2. The van der Waals surface area contributed by atoms with E-state index in [1.807, 2.05) is 43.3 Å². The van der Waals surface area contributed by atoms with Crippen LogP contribution in [0.2, 0.25) is 0 Å². The van der Waals surface area contributed by atoms with Crippen LogP contribution in [-0.2, 0) is 11.4 Å². The minimum Gasteiger partial charge on any atom is -0.587 e. The highest BCUT2D eigenvalue weighted by Gasteiger charge is 2.22. The Bertz CT molecular complexity index is 765. The maximum absolute atomic E-state index is 12.8. The lowest BCUT2D eigenvalue weighted by molar-refractivity contribution is 0.111. The molecule has 4 heteroatoms. The molecule has 1 atom stereocenters. The van der Waals surface area contributed by atoms with Crippen molar-refractivity contribution in [3.63, 3.8) is 0 Å². The highest BCUT2D eigenvalue weighted by atomic mass is 32.2. The quantitative estimate of drug-likeness (QED) is 0.546. The number of hydrogen-bond acceptors (Lipinski definition) is 2. The van der Waals surface area contributed by atoms with E-state index in [0.717, 1.165) is 22.8 Å². The van der Waals surface area contributed by atoms with Gasteiger partial charge >= 0.3 is 0 Å². The monoisotopic (exact) mass is 283 g/mol. The van der Waals surface area contributed by atoms with Gasteiger partial charge in [-0.2, -0.15) is 3.97 Å². The number of rotatable bonds is 3. The summed E-state index contributed by atoms with van der Waals surface area (Å²) in [5.41, 5.74) is 2.27. The average molecular weight is 283 g/mol. The minimum atomic E-state index is -1.43. The molecule has 1 heterocycles. The summed E-state index contributed by atoms with van der Waals surface area (Å²) >= 11 is -1.43. The Morgan fingerprint density at radius 3 is 2.55 bits per heavy atom. The van der Waals surface area contributed by atoms with Gasteiger partial charge in [-0.05, 0) is 30.7 Å². The molecule has 0 aliphatic carbocycles. The molecule has 1 aromatic heterocycles. The predicted molar refractivity (Wildman–Crippen MR) is 80.3 cm³/mol. The van der Waals surface area contributed by atoms with Gasteiger partial charge < -0.3 is 4.55 Å². The van der Waals surface area contributed by atoms with Gasteiger partial charge in [0.25, 0.3) is 0 Å². The Hall–Kier alpha value is -2.04. The molecule has 3 nitrogen and oxygen atoms in total. The highest BCUT2D eigenvalue weighted by Crippen LogP contribution is 2.27. The summed E-state index contributed by atoms with van der Waals surface area (Å²) in [5, 5.41) is 0.927. The topological polar surface area (TPSA) is 45.1 Å². The molecule has 100 valence electrons. The molecule has 3 aromatic rings. The van der Waals surface area contributed by atoms with Crippen LogP contribution < -0.4 is 0 Å². The molecule has 0 amide bonds. The third-order valence-corrected chi connectivity index (χ3v) is 4.64. The standard InChI is InChI=1S/C16H13NO2S/c1-12-6-5-7-13-10-14(11-18)17(16(12)13)20(19)15-8-3-2-4-9-15/h2-11H,1H3. The fourth-order valence-electron chi connectivity index (χ4n) is 2.33. The van der Waals surface area contributed by atoms with E-state index in [1.54, 1.807) is 22.2 Å². The summed E-state index contributed by atoms with van der Waals surface area (Å²) in [5.74, 6) is 0. The molecule has 0 fully saturated rings. The van der Waals surface area contributed by atoms with Crippen molar-refractivity contribution in [3.8, 4) is 0 Å². The molecule has 0 aliphatic rings. The molecule has 20 heavy (non-hydrogen) atoms. The first-order valence-corrected chi connectivity index (χ1v) is 7.36. The van der Waals surface area contributed by atoms with E-state index in [1.165, 1.54) is 0 Å². The fourth-order valence-corrected chi connectivity index (χ4v) is 3.63. The number of para-hydroxylation sites is 1. The Morgan fingerprint density at radius 1 is 1.10 bits per heavy atom. The van der Waals surface area contributed by atoms with Gasteiger partial charge in [0.15, 0.2) is 11.2 Å². The van der Waals surface area contributed by atoms with Crippen molar-refractivity contribution in [3.05, 3.63) is 65.9 Å². The third kappa shape index (κ3) is 2.03. The van der Waals surface area contributed by atoms with E-state index in [9.17, 15) is 9.35 Å². The molecule has 0 saturated carbocycles. The Kier molecular flexibility index (Phi) is 3.34. The molecule has 0 N–H and O–H groups in total. The van der Waals surface area contributed by atoms with Crippen LogP contribution in [0.5, 0.6) is 0 Å². The molecule has 1 unspecified atom stereocenters. The fraction of sp³-hybridized carbons (Fsp3) is 0.0625. The van der Waals surface area contributed by atoms with Crippen molar-refractivity contribution in [1.82, 2.24) is 3.97 Å². The zero-order chi connectivity index (χ0) is 14.1. The van der Waals surface area contributed by atoms with Crippen LogP contribution in [0.4, 0.5) is 0 Å². The first-order chi connectivity index (χ1) is 9.72. The van der Waals surface area contributed by atoms with Crippen LogP contribution in [0.25, 0.3) is 10.9 Å². The molecular formula is C16H13NO2S. The van der Waals surface area contributed by atoms with Gasteiger partial charge in [-0.3, -0.25) is 4.79 Å². The number of carbonyl (C=O) groups is 1. The van der Waals surface area contributed by atoms with Gasteiger partial charge in [-0.25, -0.2) is 0 Å². The van der Waals surface area contributed by atoms with E-state index in [2.05, 4.69) is 0 Å². The van der Waals surface area contributed by atoms with Crippen LogP contribution in [0, 0.1) is 6.92 Å². The lowest BCUT2D eigenvalue weighted by Gasteiger charge is -2.13. The average Bonchev–Trinajstić information content (AvgIpc) is 2.87. The number of aromatic nitrogens is 1. The summed E-state index contributed by atoms with van der Waals surface area (Å²) in [6, 6.07) is 16.7. The number of aldehydes is 1. The molecular weight excluding hydrogens is 270 g/mol. The van der Waals surface area contributed by atoms with Gasteiger partial charge in [0.05, 0.1) is 0 Å². The van der Waals surface area contributed by atoms with E-state index >= 15 is 0 Å². The van der Waals surface area contributed by atoms with Crippen molar-refractivity contribution in [2.24, 2.45) is 0 Å². The summed E-state index contributed by atoms with van der Waals surface area (Å²) in [4.78, 5) is 12.0. The normalized spacial score (nSPS) is 12.5. The first kappa shape index (κ1) is 13.0. The minimum absolute atomic E-state index is 0.427. The van der Waals surface area contributed by atoms with Crippen LogP contribution in [0.1, 0.15) is 16.1 Å². The number of aryl methyl sites for hydroxylation is 1. The van der Waals surface area contributed by atoms with Crippen LogP contribution in [0.15, 0.2) is 59.5 Å². The molecule has 0 spiro atoms. The smallest absolute Gasteiger partial charge is 0.180 e. The van der Waals surface area contributed by atoms with Gasteiger partial charge in [0, 0.05) is 5.39 Å². The van der Waals surface area contributed by atoms with Crippen molar-refractivity contribution < 1.29 is 9.35 Å².